The van der Waals surface area contributed by atoms with Gasteiger partial charge >= 0.3 is 0 Å². The Labute approximate surface area is 195 Å². The molecule has 8 heteroatoms. The molecule has 0 saturated carbocycles. The van der Waals surface area contributed by atoms with Crippen LogP contribution < -0.4 is 15.4 Å². The Kier molecular flexibility index (Phi) is 7.79. The molecule has 1 aromatic carbocycles. The number of methoxy groups -OCH3 is 1. The van der Waals surface area contributed by atoms with Gasteiger partial charge in [-0.05, 0) is 36.1 Å². The highest BCUT2D eigenvalue weighted by Gasteiger charge is 2.58. The number of ether oxygens (including phenoxy) is 1. The van der Waals surface area contributed by atoms with Crippen LogP contribution in [0.15, 0.2) is 36.4 Å². The number of nitrogens with zero attached hydrogens (tertiary/aromatic N) is 1. The summed E-state index contributed by atoms with van der Waals surface area (Å²) in [5.41, 5.74) is 0.580. The second kappa shape index (κ2) is 10.4. The lowest BCUT2D eigenvalue weighted by molar-refractivity contribution is -0.143. The van der Waals surface area contributed by atoms with Crippen LogP contribution in [0.3, 0.4) is 0 Å². The number of hydrogen-bond donors (Lipinski definition) is 3. The quantitative estimate of drug-likeness (QED) is 0.518. The van der Waals surface area contributed by atoms with Crippen molar-refractivity contribution in [3.63, 3.8) is 0 Å². The Morgan fingerprint density at radius 3 is 2.39 bits per heavy atom. The molecule has 7 atom stereocenters. The van der Waals surface area contributed by atoms with E-state index < -0.39 is 29.8 Å². The van der Waals surface area contributed by atoms with Crippen molar-refractivity contribution in [1.29, 1.82) is 0 Å². The van der Waals surface area contributed by atoms with Crippen molar-refractivity contribution in [2.45, 2.75) is 39.3 Å². The van der Waals surface area contributed by atoms with E-state index in [1.807, 2.05) is 32.9 Å². The van der Waals surface area contributed by atoms with Crippen molar-refractivity contribution < 1.29 is 24.2 Å². The highest BCUT2D eigenvalue weighted by molar-refractivity contribution is 6.02. The molecule has 3 N–H and O–H groups in total. The van der Waals surface area contributed by atoms with E-state index in [9.17, 15) is 19.5 Å². The summed E-state index contributed by atoms with van der Waals surface area (Å²) in [6.45, 7) is 5.61. The zero-order chi connectivity index (χ0) is 24.3. The third kappa shape index (κ3) is 4.62. The average molecular weight is 458 g/mol. The number of amides is 3. The van der Waals surface area contributed by atoms with Crippen molar-refractivity contribution in [2.75, 3.05) is 26.1 Å². The smallest absolute Gasteiger partial charge is 0.247 e. The molecule has 1 aliphatic carbocycles. The molecule has 180 valence electrons. The molecule has 1 fully saturated rings. The Balaban J connectivity index is 2.02. The van der Waals surface area contributed by atoms with Gasteiger partial charge in [-0.25, -0.2) is 0 Å². The first-order valence-corrected chi connectivity index (χ1v) is 11.6. The van der Waals surface area contributed by atoms with Gasteiger partial charge in [0, 0.05) is 18.7 Å². The van der Waals surface area contributed by atoms with Gasteiger partial charge in [0.15, 0.2) is 0 Å². The number of anilines is 1. The van der Waals surface area contributed by atoms with Crippen LogP contribution in [0.4, 0.5) is 5.69 Å². The van der Waals surface area contributed by atoms with Crippen LogP contribution in [-0.4, -0.2) is 60.6 Å². The van der Waals surface area contributed by atoms with Crippen molar-refractivity contribution in [2.24, 2.45) is 29.6 Å². The SMILES string of the molecule is CC[C@H](C)[C@H](CO)N1C(=O)[C@@H]2[C@H](C=C[C@@H](C)[C@H]2C(=O)NC)[C@H]1C(=O)Nc1ccc(OC)cc1. The van der Waals surface area contributed by atoms with Crippen LogP contribution in [0.2, 0.25) is 0 Å². The van der Waals surface area contributed by atoms with Crippen LogP contribution in [-0.2, 0) is 14.4 Å². The maximum atomic E-state index is 13.8. The molecule has 1 aromatic rings. The topological polar surface area (TPSA) is 108 Å². The van der Waals surface area contributed by atoms with Crippen molar-refractivity contribution in [1.82, 2.24) is 10.2 Å². The summed E-state index contributed by atoms with van der Waals surface area (Å²) in [5, 5.41) is 15.8. The third-order valence-electron chi connectivity index (χ3n) is 7.23. The highest BCUT2D eigenvalue weighted by atomic mass is 16.5. The number of benzene rings is 1. The Morgan fingerprint density at radius 1 is 1.18 bits per heavy atom. The molecular weight excluding hydrogens is 422 g/mol. The number of fused-ring (bicyclic) bond motifs is 1. The number of allylic oxidation sites excluding steroid dienone is 1. The summed E-state index contributed by atoms with van der Waals surface area (Å²) in [5.74, 6) is -1.99. The van der Waals surface area contributed by atoms with E-state index in [1.165, 1.54) is 0 Å². The molecule has 0 spiro atoms. The van der Waals surface area contributed by atoms with Gasteiger partial charge in [-0.15, -0.1) is 0 Å². The van der Waals surface area contributed by atoms with Crippen LogP contribution in [0.5, 0.6) is 5.75 Å². The fraction of sp³-hybridized carbons (Fsp3) is 0.560. The summed E-state index contributed by atoms with van der Waals surface area (Å²) in [6, 6.07) is 5.62. The van der Waals surface area contributed by atoms with E-state index in [-0.39, 0.29) is 36.2 Å². The molecule has 0 unspecified atom stereocenters. The molecular formula is C25H35N3O5. The Hall–Kier alpha value is -2.87. The van der Waals surface area contributed by atoms with E-state index in [0.29, 0.717) is 11.4 Å². The van der Waals surface area contributed by atoms with Crippen molar-refractivity contribution >= 4 is 23.4 Å². The highest BCUT2D eigenvalue weighted by Crippen LogP contribution is 2.45. The van der Waals surface area contributed by atoms with Gasteiger partial charge in [0.05, 0.1) is 31.6 Å². The summed E-state index contributed by atoms with van der Waals surface area (Å²) < 4.78 is 5.17. The molecule has 1 aliphatic heterocycles. The number of carbonyl (C=O) groups is 3. The molecule has 8 nitrogen and oxygen atoms in total. The van der Waals surface area contributed by atoms with Gasteiger partial charge < -0.3 is 25.4 Å². The van der Waals surface area contributed by atoms with Gasteiger partial charge in [0.25, 0.3) is 0 Å². The van der Waals surface area contributed by atoms with Crippen LogP contribution in [0.1, 0.15) is 27.2 Å². The van der Waals surface area contributed by atoms with Gasteiger partial charge in [0.2, 0.25) is 17.7 Å². The number of aliphatic hydroxyl groups excluding tert-OH is 1. The molecule has 33 heavy (non-hydrogen) atoms. The molecule has 0 aromatic heterocycles. The van der Waals surface area contributed by atoms with Gasteiger partial charge in [-0.1, -0.05) is 39.3 Å². The minimum atomic E-state index is -0.827. The molecule has 0 radical (unpaired) electrons. The van der Waals surface area contributed by atoms with Gasteiger partial charge in [-0.3, -0.25) is 14.4 Å². The number of nitrogens with one attached hydrogen (secondary N) is 2. The first kappa shape index (κ1) is 24.8. The molecule has 3 amide bonds. The molecule has 0 bridgehead atoms. The Bertz CT molecular complexity index is 900. The number of rotatable bonds is 8. The van der Waals surface area contributed by atoms with E-state index >= 15 is 0 Å². The number of aliphatic hydroxyl groups is 1. The fourth-order valence-electron chi connectivity index (χ4n) is 5.17. The normalized spacial score (nSPS) is 28.1. The predicted octanol–water partition coefficient (Wildman–Crippen LogP) is 2.05. The lowest BCUT2D eigenvalue weighted by Crippen LogP contribution is -2.52. The van der Waals surface area contributed by atoms with E-state index in [4.69, 9.17) is 4.74 Å². The summed E-state index contributed by atoms with van der Waals surface area (Å²) >= 11 is 0. The fourth-order valence-corrected chi connectivity index (χ4v) is 5.17. The lowest BCUT2D eigenvalue weighted by Gasteiger charge is -2.36. The number of carbonyl (C=O) groups excluding carboxylic acids is 3. The average Bonchev–Trinajstić information content (AvgIpc) is 3.11. The van der Waals surface area contributed by atoms with Crippen LogP contribution in [0.25, 0.3) is 0 Å². The minimum absolute atomic E-state index is 0.0183. The predicted molar refractivity (Wildman–Crippen MR) is 125 cm³/mol. The largest absolute Gasteiger partial charge is 0.497 e. The van der Waals surface area contributed by atoms with Gasteiger partial charge in [0.1, 0.15) is 11.8 Å². The van der Waals surface area contributed by atoms with Crippen LogP contribution >= 0.6 is 0 Å². The van der Waals surface area contributed by atoms with Gasteiger partial charge in [-0.2, -0.15) is 0 Å². The minimum Gasteiger partial charge on any atom is -0.497 e. The molecule has 1 heterocycles. The molecule has 1 saturated heterocycles. The summed E-state index contributed by atoms with van der Waals surface area (Å²) in [6.07, 6.45) is 4.56. The molecule has 3 rings (SSSR count). The van der Waals surface area contributed by atoms with E-state index in [0.717, 1.165) is 6.42 Å². The number of likely N-dealkylation sites (tertiary alicyclic amines) is 1. The molecule has 2 aliphatic rings. The summed E-state index contributed by atoms with van der Waals surface area (Å²) in [7, 11) is 3.13. The maximum absolute atomic E-state index is 13.8. The number of hydrogen-bond acceptors (Lipinski definition) is 5. The van der Waals surface area contributed by atoms with E-state index in [1.54, 1.807) is 43.3 Å². The second-order valence-corrected chi connectivity index (χ2v) is 9.03. The third-order valence-corrected chi connectivity index (χ3v) is 7.23. The van der Waals surface area contributed by atoms with Crippen molar-refractivity contribution in [3.8, 4) is 5.75 Å². The Morgan fingerprint density at radius 2 is 1.85 bits per heavy atom. The lowest BCUT2D eigenvalue weighted by atomic mass is 9.70. The van der Waals surface area contributed by atoms with E-state index in [2.05, 4.69) is 10.6 Å². The zero-order valence-electron chi connectivity index (χ0n) is 19.9. The summed E-state index contributed by atoms with van der Waals surface area (Å²) in [4.78, 5) is 41.7. The monoisotopic (exact) mass is 457 g/mol. The maximum Gasteiger partial charge on any atom is 0.247 e. The first-order chi connectivity index (χ1) is 15.8. The van der Waals surface area contributed by atoms with Crippen LogP contribution in [0, 0.1) is 29.6 Å². The van der Waals surface area contributed by atoms with Crippen molar-refractivity contribution in [3.05, 3.63) is 36.4 Å². The zero-order valence-corrected chi connectivity index (χ0v) is 19.9. The standard InChI is InChI=1S/C25H35N3O5/c1-6-14(2)19(13-29)28-22(24(31)27-16-8-10-17(33-5)11-9-16)18-12-7-15(3)20(23(30)26-4)21(18)25(28)32/h7-12,14-15,18-22,29H,6,13H2,1-5H3,(H,26,30)(H,27,31)/t14-,15+,18-,19-,20+,21+,22-/m0/s1. The first-order valence-electron chi connectivity index (χ1n) is 11.6. The second-order valence-electron chi connectivity index (χ2n) is 9.03.